The summed E-state index contributed by atoms with van der Waals surface area (Å²) in [5.41, 5.74) is 0.586. The van der Waals surface area contributed by atoms with Crippen molar-refractivity contribution >= 4 is 10.0 Å². The van der Waals surface area contributed by atoms with Crippen molar-refractivity contribution in [3.05, 3.63) is 23.8 Å². The number of ether oxygens (including phenoxy) is 2. The second kappa shape index (κ2) is 5.26. The number of primary sulfonamides is 1. The van der Waals surface area contributed by atoms with Crippen molar-refractivity contribution < 1.29 is 17.9 Å². The molecule has 0 aliphatic carbocycles. The molecule has 0 amide bonds. The fourth-order valence-electron chi connectivity index (χ4n) is 2.00. The van der Waals surface area contributed by atoms with Crippen molar-refractivity contribution in [1.82, 2.24) is 0 Å². The van der Waals surface area contributed by atoms with Crippen LogP contribution in [0.4, 0.5) is 0 Å². The Morgan fingerprint density at radius 3 is 2.83 bits per heavy atom. The molecule has 0 aromatic heterocycles. The second-order valence-electron chi connectivity index (χ2n) is 4.42. The van der Waals surface area contributed by atoms with Gasteiger partial charge in [-0.05, 0) is 43.5 Å². The zero-order valence-electron chi connectivity index (χ0n) is 10.3. The second-order valence-corrected chi connectivity index (χ2v) is 5.95. The summed E-state index contributed by atoms with van der Waals surface area (Å²) in [6.07, 6.45) is 2.22. The van der Waals surface area contributed by atoms with E-state index < -0.39 is 10.0 Å². The average molecular weight is 271 g/mol. The summed E-state index contributed by atoms with van der Waals surface area (Å²) in [5, 5.41) is 5.09. The smallest absolute Gasteiger partial charge is 0.238 e. The van der Waals surface area contributed by atoms with Crippen LogP contribution in [0.1, 0.15) is 18.4 Å². The molecule has 1 saturated heterocycles. The van der Waals surface area contributed by atoms with Gasteiger partial charge in [0.05, 0.1) is 11.0 Å². The molecular formula is C12H17NO4S. The molecule has 1 aliphatic rings. The molecule has 1 aromatic rings. The zero-order chi connectivity index (χ0) is 13.2. The Morgan fingerprint density at radius 1 is 1.50 bits per heavy atom. The predicted molar refractivity (Wildman–Crippen MR) is 67.0 cm³/mol. The first kappa shape index (κ1) is 13.3. The first-order chi connectivity index (χ1) is 8.47. The van der Waals surface area contributed by atoms with Crippen LogP contribution in [0, 0.1) is 6.92 Å². The maximum absolute atomic E-state index is 11.2. The van der Waals surface area contributed by atoms with Gasteiger partial charge < -0.3 is 9.47 Å². The summed E-state index contributed by atoms with van der Waals surface area (Å²) in [5.74, 6) is 0.635. The van der Waals surface area contributed by atoms with Gasteiger partial charge in [-0.1, -0.05) is 0 Å². The van der Waals surface area contributed by atoms with Gasteiger partial charge in [-0.2, -0.15) is 0 Å². The number of rotatable bonds is 4. The van der Waals surface area contributed by atoms with Gasteiger partial charge in [0.15, 0.2) is 0 Å². The average Bonchev–Trinajstić information content (AvgIpc) is 2.77. The molecule has 0 spiro atoms. The first-order valence-electron chi connectivity index (χ1n) is 5.84. The zero-order valence-corrected chi connectivity index (χ0v) is 11.1. The SMILES string of the molecule is Cc1cc(OCC2CCCO2)ccc1S(N)(=O)=O. The summed E-state index contributed by atoms with van der Waals surface area (Å²) in [6, 6.07) is 4.76. The van der Waals surface area contributed by atoms with Gasteiger partial charge in [-0.25, -0.2) is 13.6 Å². The van der Waals surface area contributed by atoms with Crippen LogP contribution in [-0.2, 0) is 14.8 Å². The Bertz CT molecular complexity index is 521. The van der Waals surface area contributed by atoms with E-state index in [0.717, 1.165) is 19.4 Å². The van der Waals surface area contributed by atoms with Gasteiger partial charge in [0, 0.05) is 6.61 Å². The van der Waals surface area contributed by atoms with Crippen molar-refractivity contribution in [1.29, 1.82) is 0 Å². The molecule has 0 bridgehead atoms. The van der Waals surface area contributed by atoms with E-state index >= 15 is 0 Å². The molecule has 1 fully saturated rings. The van der Waals surface area contributed by atoms with Crippen LogP contribution in [0.15, 0.2) is 23.1 Å². The van der Waals surface area contributed by atoms with E-state index in [4.69, 9.17) is 14.6 Å². The van der Waals surface area contributed by atoms with E-state index in [9.17, 15) is 8.42 Å². The fraction of sp³-hybridized carbons (Fsp3) is 0.500. The maximum Gasteiger partial charge on any atom is 0.238 e. The lowest BCUT2D eigenvalue weighted by Crippen LogP contribution is -2.17. The van der Waals surface area contributed by atoms with Gasteiger partial charge in [-0.3, -0.25) is 0 Å². The Morgan fingerprint density at radius 2 is 2.28 bits per heavy atom. The van der Waals surface area contributed by atoms with Crippen molar-refractivity contribution in [2.75, 3.05) is 13.2 Å². The highest BCUT2D eigenvalue weighted by molar-refractivity contribution is 7.89. The van der Waals surface area contributed by atoms with E-state index in [1.807, 2.05) is 0 Å². The molecule has 100 valence electrons. The normalized spacial score (nSPS) is 20.0. The van der Waals surface area contributed by atoms with Crippen LogP contribution in [0.5, 0.6) is 5.75 Å². The van der Waals surface area contributed by atoms with Crippen molar-refractivity contribution in [3.8, 4) is 5.75 Å². The summed E-state index contributed by atoms with van der Waals surface area (Å²) >= 11 is 0. The van der Waals surface area contributed by atoms with Crippen LogP contribution < -0.4 is 9.88 Å². The van der Waals surface area contributed by atoms with Gasteiger partial charge in [0.2, 0.25) is 10.0 Å². The molecule has 1 heterocycles. The van der Waals surface area contributed by atoms with E-state index in [1.165, 1.54) is 6.07 Å². The lowest BCUT2D eigenvalue weighted by molar-refractivity contribution is 0.0679. The molecule has 2 rings (SSSR count). The Labute approximate surface area is 107 Å². The molecule has 1 aliphatic heterocycles. The van der Waals surface area contributed by atoms with Crippen LogP contribution >= 0.6 is 0 Å². The highest BCUT2D eigenvalue weighted by atomic mass is 32.2. The van der Waals surface area contributed by atoms with E-state index in [1.54, 1.807) is 19.1 Å². The highest BCUT2D eigenvalue weighted by Gasteiger charge is 2.17. The third kappa shape index (κ3) is 3.22. The molecule has 0 saturated carbocycles. The minimum Gasteiger partial charge on any atom is -0.491 e. The summed E-state index contributed by atoms with van der Waals surface area (Å²) in [7, 11) is -3.66. The van der Waals surface area contributed by atoms with Crippen molar-refractivity contribution in [2.24, 2.45) is 5.14 Å². The third-order valence-corrected chi connectivity index (χ3v) is 3.98. The minimum atomic E-state index is -3.66. The Balaban J connectivity index is 2.04. The summed E-state index contributed by atoms with van der Waals surface area (Å²) in [4.78, 5) is 0.131. The molecule has 6 heteroatoms. The first-order valence-corrected chi connectivity index (χ1v) is 7.39. The van der Waals surface area contributed by atoms with Gasteiger partial charge in [0.25, 0.3) is 0 Å². The Hall–Kier alpha value is -1.11. The van der Waals surface area contributed by atoms with Crippen molar-refractivity contribution in [3.63, 3.8) is 0 Å². The number of aryl methyl sites for hydroxylation is 1. The number of hydrogen-bond donors (Lipinski definition) is 1. The molecule has 5 nitrogen and oxygen atoms in total. The fourth-order valence-corrected chi connectivity index (χ4v) is 2.76. The van der Waals surface area contributed by atoms with Crippen LogP contribution in [0.2, 0.25) is 0 Å². The van der Waals surface area contributed by atoms with Crippen molar-refractivity contribution in [2.45, 2.75) is 30.8 Å². The quantitative estimate of drug-likeness (QED) is 0.892. The predicted octanol–water partition coefficient (Wildman–Crippen LogP) is 1.20. The molecule has 18 heavy (non-hydrogen) atoms. The van der Waals surface area contributed by atoms with Crippen LogP contribution in [-0.4, -0.2) is 27.7 Å². The molecule has 1 atom stereocenters. The molecule has 2 N–H and O–H groups in total. The Kier molecular flexibility index (Phi) is 3.89. The lowest BCUT2D eigenvalue weighted by atomic mass is 10.2. The van der Waals surface area contributed by atoms with Gasteiger partial charge in [-0.15, -0.1) is 0 Å². The monoisotopic (exact) mass is 271 g/mol. The molecule has 1 unspecified atom stereocenters. The van der Waals surface area contributed by atoms with Gasteiger partial charge in [0.1, 0.15) is 12.4 Å². The molecule has 0 radical (unpaired) electrons. The third-order valence-electron chi connectivity index (χ3n) is 2.91. The van der Waals surface area contributed by atoms with Crippen LogP contribution in [0.25, 0.3) is 0 Å². The molecule has 1 aromatic carbocycles. The maximum atomic E-state index is 11.2. The standard InChI is InChI=1S/C12H17NO4S/c1-9-7-10(4-5-12(9)18(13,14)15)17-8-11-3-2-6-16-11/h4-5,7,11H,2-3,6,8H2,1H3,(H2,13,14,15). The number of benzene rings is 1. The number of hydrogen-bond acceptors (Lipinski definition) is 4. The molecular weight excluding hydrogens is 254 g/mol. The van der Waals surface area contributed by atoms with E-state index in [2.05, 4.69) is 0 Å². The number of sulfonamides is 1. The van der Waals surface area contributed by atoms with E-state index in [0.29, 0.717) is 17.9 Å². The highest BCUT2D eigenvalue weighted by Crippen LogP contribution is 2.21. The van der Waals surface area contributed by atoms with Gasteiger partial charge >= 0.3 is 0 Å². The number of nitrogens with two attached hydrogens (primary N) is 1. The topological polar surface area (TPSA) is 78.6 Å². The minimum absolute atomic E-state index is 0.131. The summed E-state index contributed by atoms with van der Waals surface area (Å²) < 4.78 is 33.5. The largest absolute Gasteiger partial charge is 0.491 e. The lowest BCUT2D eigenvalue weighted by Gasteiger charge is -2.12. The van der Waals surface area contributed by atoms with Crippen LogP contribution in [0.3, 0.4) is 0 Å². The summed E-state index contributed by atoms with van der Waals surface area (Å²) in [6.45, 7) is 2.98. The van der Waals surface area contributed by atoms with E-state index in [-0.39, 0.29) is 11.0 Å².